The summed E-state index contributed by atoms with van der Waals surface area (Å²) in [6.07, 6.45) is 1.18. The largest absolute Gasteiger partial charge is 0.477 e. The molecule has 2 rings (SSSR count). The number of aromatic carboxylic acids is 1. The molecule has 9 heteroatoms. The van der Waals surface area contributed by atoms with Gasteiger partial charge in [-0.05, 0) is 28.8 Å². The molecule has 6 nitrogen and oxygen atoms in total. The molecule has 1 aromatic rings. The first-order chi connectivity index (χ1) is 12.0. The van der Waals surface area contributed by atoms with Crippen molar-refractivity contribution >= 4 is 33.5 Å². The predicted octanol–water partition coefficient (Wildman–Crippen LogP) is 4.32. The third-order valence-electron chi connectivity index (χ3n) is 3.80. The number of hydrogen-bond donors (Lipinski definition) is 2. The highest BCUT2D eigenvalue weighted by Crippen LogP contribution is 2.40. The van der Waals surface area contributed by atoms with Crippen LogP contribution in [0.1, 0.15) is 50.4 Å². The number of carbonyl (C=O) groups excluding carboxylic acids is 1. The van der Waals surface area contributed by atoms with Crippen LogP contribution in [0, 0.1) is 17.0 Å². The Balaban J connectivity index is 2.55. The van der Waals surface area contributed by atoms with Gasteiger partial charge in [0.15, 0.2) is 23.7 Å². The van der Waals surface area contributed by atoms with Gasteiger partial charge in [-0.1, -0.05) is 20.8 Å². The third-order valence-corrected chi connectivity index (χ3v) is 4.50. The minimum atomic E-state index is -1.63. The van der Waals surface area contributed by atoms with Gasteiger partial charge in [0, 0.05) is 11.8 Å². The Hall–Kier alpha value is -1.74. The van der Waals surface area contributed by atoms with Crippen LogP contribution in [0.5, 0.6) is 5.75 Å². The van der Waals surface area contributed by atoms with Crippen LogP contribution in [0.15, 0.2) is 4.47 Å². The Morgan fingerprint density at radius 2 is 1.92 bits per heavy atom. The standard InChI is InChI=1S/C17H20BrF2NO5/c1-17(2,3)16(24)21-13-9(15(22)23)14(12(20)10(18)11(13)19)26-8-6-4-5-7-25-8/h8H,4-7H2,1-3H3,(H,21,24)(H,22,23). The molecule has 0 radical (unpaired) electrons. The first-order valence-electron chi connectivity index (χ1n) is 8.07. The van der Waals surface area contributed by atoms with Crippen LogP contribution >= 0.6 is 15.9 Å². The third kappa shape index (κ3) is 4.32. The van der Waals surface area contributed by atoms with E-state index in [1.807, 2.05) is 0 Å². The van der Waals surface area contributed by atoms with Crippen molar-refractivity contribution in [2.24, 2.45) is 5.41 Å². The van der Waals surface area contributed by atoms with E-state index in [4.69, 9.17) is 9.47 Å². The number of carbonyl (C=O) groups is 2. The van der Waals surface area contributed by atoms with Crippen LogP contribution in [0.3, 0.4) is 0 Å². The molecule has 1 aliphatic heterocycles. The van der Waals surface area contributed by atoms with Gasteiger partial charge in [0.1, 0.15) is 5.56 Å². The maximum atomic E-state index is 14.5. The van der Waals surface area contributed by atoms with Crippen LogP contribution in [0.25, 0.3) is 0 Å². The van der Waals surface area contributed by atoms with Crippen molar-refractivity contribution < 1.29 is 33.0 Å². The van der Waals surface area contributed by atoms with Gasteiger partial charge >= 0.3 is 5.97 Å². The number of nitrogens with one attached hydrogen (secondary N) is 1. The molecule has 1 amide bonds. The maximum absolute atomic E-state index is 14.5. The van der Waals surface area contributed by atoms with Crippen molar-refractivity contribution in [2.45, 2.75) is 46.3 Å². The highest BCUT2D eigenvalue weighted by Gasteiger charge is 2.33. The summed E-state index contributed by atoms with van der Waals surface area (Å²) >= 11 is 2.75. The van der Waals surface area contributed by atoms with Gasteiger partial charge in [-0.25, -0.2) is 13.6 Å². The number of hydrogen-bond acceptors (Lipinski definition) is 4. The zero-order valence-electron chi connectivity index (χ0n) is 14.6. The van der Waals surface area contributed by atoms with Crippen molar-refractivity contribution in [1.82, 2.24) is 0 Å². The van der Waals surface area contributed by atoms with Crippen LogP contribution in [0.2, 0.25) is 0 Å². The van der Waals surface area contributed by atoms with Crippen molar-refractivity contribution in [1.29, 1.82) is 0 Å². The van der Waals surface area contributed by atoms with Gasteiger partial charge in [0.25, 0.3) is 0 Å². The SMILES string of the molecule is CC(C)(C)C(=O)Nc1c(F)c(Br)c(F)c(OC2CCCCO2)c1C(=O)O. The molecular formula is C17H20BrF2NO5. The second-order valence-corrected chi connectivity index (χ2v) is 7.74. The van der Waals surface area contributed by atoms with Crippen molar-refractivity contribution in [3.8, 4) is 5.75 Å². The number of halogens is 3. The molecular weight excluding hydrogens is 416 g/mol. The topological polar surface area (TPSA) is 84.9 Å². The highest BCUT2D eigenvalue weighted by atomic mass is 79.9. The Kier molecular flexibility index (Phi) is 6.23. The minimum Gasteiger partial charge on any atom is -0.477 e. The number of amides is 1. The lowest BCUT2D eigenvalue weighted by Crippen LogP contribution is -2.30. The monoisotopic (exact) mass is 435 g/mol. The molecule has 1 aliphatic rings. The van der Waals surface area contributed by atoms with Crippen LogP contribution in [-0.2, 0) is 9.53 Å². The molecule has 0 saturated carbocycles. The summed E-state index contributed by atoms with van der Waals surface area (Å²) in [6.45, 7) is 5.12. The van der Waals surface area contributed by atoms with Crippen LogP contribution in [0.4, 0.5) is 14.5 Å². The summed E-state index contributed by atoms with van der Waals surface area (Å²) in [7, 11) is 0. The summed E-state index contributed by atoms with van der Waals surface area (Å²) in [5.74, 6) is -5.37. The number of anilines is 1. The molecule has 1 atom stereocenters. The molecule has 0 aliphatic carbocycles. The lowest BCUT2D eigenvalue weighted by Gasteiger charge is -2.26. The van der Waals surface area contributed by atoms with Gasteiger partial charge in [0.05, 0.1) is 16.8 Å². The zero-order chi connectivity index (χ0) is 19.6. The fraction of sp³-hybridized carbons (Fsp3) is 0.529. The number of rotatable bonds is 4. The van der Waals surface area contributed by atoms with E-state index in [0.29, 0.717) is 13.0 Å². The minimum absolute atomic E-state index is 0.394. The Bertz CT molecular complexity index is 727. The average molecular weight is 436 g/mol. The second kappa shape index (κ2) is 7.87. The van der Waals surface area contributed by atoms with E-state index in [1.54, 1.807) is 20.8 Å². The molecule has 144 valence electrons. The molecule has 1 saturated heterocycles. The lowest BCUT2D eigenvalue weighted by atomic mass is 9.95. The molecule has 1 unspecified atom stereocenters. The highest BCUT2D eigenvalue weighted by molar-refractivity contribution is 9.10. The molecule has 1 fully saturated rings. The van der Waals surface area contributed by atoms with Gasteiger partial charge in [-0.3, -0.25) is 4.79 Å². The summed E-state index contributed by atoms with van der Waals surface area (Å²) in [4.78, 5) is 23.9. The van der Waals surface area contributed by atoms with E-state index >= 15 is 0 Å². The van der Waals surface area contributed by atoms with E-state index in [0.717, 1.165) is 12.8 Å². The second-order valence-electron chi connectivity index (χ2n) is 6.94. The molecule has 0 bridgehead atoms. The van der Waals surface area contributed by atoms with Crippen LogP contribution in [-0.4, -0.2) is 29.9 Å². The van der Waals surface area contributed by atoms with E-state index in [9.17, 15) is 23.5 Å². The molecule has 1 aromatic carbocycles. The van der Waals surface area contributed by atoms with E-state index < -0.39 is 56.7 Å². The summed E-state index contributed by atoms with van der Waals surface area (Å²) in [6, 6.07) is 0. The molecule has 0 aromatic heterocycles. The molecule has 2 N–H and O–H groups in total. The first kappa shape index (κ1) is 20.6. The van der Waals surface area contributed by atoms with Crippen molar-refractivity contribution in [3.05, 3.63) is 21.7 Å². The van der Waals surface area contributed by atoms with Gasteiger partial charge in [-0.15, -0.1) is 0 Å². The molecule has 1 heterocycles. The zero-order valence-corrected chi connectivity index (χ0v) is 16.2. The molecule has 26 heavy (non-hydrogen) atoms. The summed E-state index contributed by atoms with van der Waals surface area (Å²) < 4.78 is 39.2. The number of benzene rings is 1. The predicted molar refractivity (Wildman–Crippen MR) is 93.3 cm³/mol. The maximum Gasteiger partial charge on any atom is 0.341 e. The number of carboxylic acid groups (broad SMARTS) is 1. The fourth-order valence-corrected chi connectivity index (χ4v) is 2.69. The average Bonchev–Trinajstić information content (AvgIpc) is 2.56. The molecule has 0 spiro atoms. The van der Waals surface area contributed by atoms with Gasteiger partial charge in [-0.2, -0.15) is 0 Å². The van der Waals surface area contributed by atoms with E-state index in [-0.39, 0.29) is 0 Å². The Labute approximate surface area is 158 Å². The smallest absolute Gasteiger partial charge is 0.341 e. The van der Waals surface area contributed by atoms with Crippen molar-refractivity contribution in [3.63, 3.8) is 0 Å². The normalized spacial score (nSPS) is 17.7. The summed E-state index contributed by atoms with van der Waals surface area (Å²) in [5.41, 5.74) is -2.37. The fourth-order valence-electron chi connectivity index (χ4n) is 2.31. The van der Waals surface area contributed by atoms with E-state index in [2.05, 4.69) is 21.2 Å². The number of carboxylic acids is 1. The Morgan fingerprint density at radius 1 is 1.27 bits per heavy atom. The lowest BCUT2D eigenvalue weighted by molar-refractivity contribution is -0.123. The first-order valence-corrected chi connectivity index (χ1v) is 8.86. The van der Waals surface area contributed by atoms with Gasteiger partial charge in [0.2, 0.25) is 5.91 Å². The summed E-state index contributed by atoms with van der Waals surface area (Å²) in [5, 5.41) is 11.7. The quantitative estimate of drug-likeness (QED) is 0.688. The van der Waals surface area contributed by atoms with Crippen LogP contribution < -0.4 is 10.1 Å². The Morgan fingerprint density at radius 3 is 2.42 bits per heavy atom. The number of ether oxygens (including phenoxy) is 2. The van der Waals surface area contributed by atoms with Crippen molar-refractivity contribution in [2.75, 3.05) is 11.9 Å². The van der Waals surface area contributed by atoms with E-state index in [1.165, 1.54) is 0 Å². The van der Waals surface area contributed by atoms with Gasteiger partial charge < -0.3 is 19.9 Å².